The molecule has 140 valence electrons. The van der Waals surface area contributed by atoms with Gasteiger partial charge in [0.1, 0.15) is 0 Å². The first-order chi connectivity index (χ1) is 12.9. The Kier molecular flexibility index (Phi) is 3.91. The zero-order valence-electron chi connectivity index (χ0n) is 15.7. The lowest BCUT2D eigenvalue weighted by molar-refractivity contribution is 0.662. The molecule has 2 aromatic heterocycles. The fourth-order valence-corrected chi connectivity index (χ4v) is 3.54. The average Bonchev–Trinajstić information content (AvgIpc) is 3.23. The van der Waals surface area contributed by atoms with Gasteiger partial charge < -0.3 is 14.4 Å². The maximum absolute atomic E-state index is 12.9. The number of allylic oxidation sites excluding steroid dienone is 1. The van der Waals surface area contributed by atoms with E-state index < -0.39 is 0 Å². The van der Waals surface area contributed by atoms with E-state index in [-0.39, 0.29) is 17.8 Å². The van der Waals surface area contributed by atoms with Crippen molar-refractivity contribution in [2.45, 2.75) is 13.1 Å². The highest BCUT2D eigenvalue weighted by molar-refractivity contribution is 5.78. The van der Waals surface area contributed by atoms with Crippen molar-refractivity contribution in [1.82, 2.24) is 18.7 Å². The Hall–Kier alpha value is -3.29. The molecule has 0 saturated heterocycles. The minimum atomic E-state index is -0.383. The zero-order chi connectivity index (χ0) is 19.3. The van der Waals surface area contributed by atoms with E-state index in [9.17, 15) is 9.59 Å². The summed E-state index contributed by atoms with van der Waals surface area (Å²) >= 11 is 0. The summed E-state index contributed by atoms with van der Waals surface area (Å²) in [7, 11) is 5.64. The minimum absolute atomic E-state index is 0.178. The Balaban J connectivity index is 1.88. The summed E-state index contributed by atoms with van der Waals surface area (Å²) in [5, 5.41) is 0. The van der Waals surface area contributed by atoms with Gasteiger partial charge in [-0.2, -0.15) is 4.98 Å². The molecule has 0 saturated carbocycles. The van der Waals surface area contributed by atoms with Crippen LogP contribution in [0.25, 0.3) is 11.2 Å². The van der Waals surface area contributed by atoms with Gasteiger partial charge in [-0.1, -0.05) is 6.08 Å². The summed E-state index contributed by atoms with van der Waals surface area (Å²) in [6.07, 6.45) is 1.55. The lowest BCUT2D eigenvalue weighted by Gasteiger charge is -2.18. The second-order valence-electron chi connectivity index (χ2n) is 6.84. The van der Waals surface area contributed by atoms with Crippen LogP contribution in [0.4, 0.5) is 17.3 Å². The second kappa shape index (κ2) is 6.15. The van der Waals surface area contributed by atoms with Crippen LogP contribution in [-0.2, 0) is 20.1 Å². The summed E-state index contributed by atoms with van der Waals surface area (Å²) in [6.45, 7) is 5.18. The standard InChI is InChI=1S/C19H22N6O2/c1-5-10-25-17(26)15-16(22(4)19(25)27)20-18-23(11-12-24(15)18)14-8-6-13(7-9-14)21(2)3/h5-9H,1,10-12H2,2-4H3. The first-order valence-electron chi connectivity index (χ1n) is 8.80. The predicted molar refractivity (Wildman–Crippen MR) is 107 cm³/mol. The molecule has 1 aliphatic heterocycles. The molecule has 3 aromatic rings. The molecule has 0 atom stereocenters. The summed E-state index contributed by atoms with van der Waals surface area (Å²) in [4.78, 5) is 34.1. The molecule has 0 spiro atoms. The van der Waals surface area contributed by atoms with E-state index in [1.54, 1.807) is 13.1 Å². The minimum Gasteiger partial charge on any atom is -0.378 e. The van der Waals surface area contributed by atoms with Crippen molar-refractivity contribution >= 4 is 28.5 Å². The third-order valence-electron chi connectivity index (χ3n) is 4.99. The van der Waals surface area contributed by atoms with Crippen LogP contribution in [0.3, 0.4) is 0 Å². The van der Waals surface area contributed by atoms with Gasteiger partial charge in [-0.25, -0.2) is 4.79 Å². The van der Waals surface area contributed by atoms with Gasteiger partial charge in [0.05, 0.1) is 0 Å². The summed E-state index contributed by atoms with van der Waals surface area (Å²) in [6, 6.07) is 8.18. The van der Waals surface area contributed by atoms with E-state index in [0.29, 0.717) is 23.7 Å². The molecule has 3 heterocycles. The average molecular weight is 366 g/mol. The number of hydrogen-bond donors (Lipinski definition) is 0. The van der Waals surface area contributed by atoms with Gasteiger partial charge in [0, 0.05) is 52.2 Å². The quantitative estimate of drug-likeness (QED) is 0.651. The number of imidazole rings is 1. The number of aromatic nitrogens is 4. The summed E-state index contributed by atoms with van der Waals surface area (Å²) in [5.74, 6) is 0.686. The largest absolute Gasteiger partial charge is 0.378 e. The zero-order valence-corrected chi connectivity index (χ0v) is 15.7. The molecule has 0 unspecified atom stereocenters. The second-order valence-corrected chi connectivity index (χ2v) is 6.84. The van der Waals surface area contributed by atoms with Crippen molar-refractivity contribution in [3.63, 3.8) is 0 Å². The molecular weight excluding hydrogens is 344 g/mol. The number of hydrogen-bond acceptors (Lipinski definition) is 5. The van der Waals surface area contributed by atoms with Gasteiger partial charge in [0.15, 0.2) is 11.2 Å². The maximum Gasteiger partial charge on any atom is 0.332 e. The van der Waals surface area contributed by atoms with Crippen LogP contribution in [-0.4, -0.2) is 39.3 Å². The van der Waals surface area contributed by atoms with Crippen molar-refractivity contribution in [3.8, 4) is 0 Å². The molecule has 1 aromatic carbocycles. The molecule has 0 bridgehead atoms. The summed E-state index contributed by atoms with van der Waals surface area (Å²) < 4.78 is 4.52. The first kappa shape index (κ1) is 17.1. The number of benzene rings is 1. The van der Waals surface area contributed by atoms with E-state index in [0.717, 1.165) is 17.9 Å². The van der Waals surface area contributed by atoms with Crippen molar-refractivity contribution in [2.24, 2.45) is 7.05 Å². The van der Waals surface area contributed by atoms with Gasteiger partial charge in [-0.3, -0.25) is 13.9 Å². The van der Waals surface area contributed by atoms with Crippen LogP contribution >= 0.6 is 0 Å². The van der Waals surface area contributed by atoms with Crippen LogP contribution in [0.2, 0.25) is 0 Å². The number of fused-ring (bicyclic) bond motifs is 3. The molecule has 0 fully saturated rings. The number of rotatable bonds is 4. The van der Waals surface area contributed by atoms with E-state index >= 15 is 0 Å². The Labute approximate surface area is 156 Å². The first-order valence-corrected chi connectivity index (χ1v) is 8.80. The Bertz CT molecular complexity index is 1150. The maximum atomic E-state index is 12.9. The lowest BCUT2D eigenvalue weighted by Crippen LogP contribution is -2.39. The normalized spacial score (nSPS) is 13.2. The molecular formula is C19H22N6O2. The smallest absolute Gasteiger partial charge is 0.332 e. The fraction of sp³-hybridized carbons (Fsp3) is 0.316. The van der Waals surface area contributed by atoms with Crippen LogP contribution in [0, 0.1) is 0 Å². The molecule has 4 rings (SSSR count). The lowest BCUT2D eigenvalue weighted by atomic mass is 10.2. The molecule has 1 aliphatic rings. The molecule has 0 amide bonds. The van der Waals surface area contributed by atoms with Crippen molar-refractivity contribution in [3.05, 3.63) is 57.8 Å². The number of nitrogens with zero attached hydrogens (tertiary/aromatic N) is 6. The number of aryl methyl sites for hydroxylation is 1. The van der Waals surface area contributed by atoms with E-state index in [2.05, 4.69) is 16.5 Å². The third-order valence-corrected chi connectivity index (χ3v) is 4.99. The Morgan fingerprint density at radius 3 is 2.52 bits per heavy atom. The van der Waals surface area contributed by atoms with Gasteiger partial charge in [0.2, 0.25) is 5.95 Å². The molecule has 27 heavy (non-hydrogen) atoms. The topological polar surface area (TPSA) is 68.3 Å². The Morgan fingerprint density at radius 1 is 1.19 bits per heavy atom. The van der Waals surface area contributed by atoms with Crippen LogP contribution in [0.5, 0.6) is 0 Å². The van der Waals surface area contributed by atoms with Gasteiger partial charge in [-0.05, 0) is 24.3 Å². The van der Waals surface area contributed by atoms with E-state index in [1.165, 1.54) is 9.13 Å². The summed E-state index contributed by atoms with van der Waals surface area (Å²) in [5.41, 5.74) is 2.28. The fourth-order valence-electron chi connectivity index (χ4n) is 3.54. The van der Waals surface area contributed by atoms with Crippen molar-refractivity contribution in [2.75, 3.05) is 30.4 Å². The third kappa shape index (κ3) is 2.48. The Morgan fingerprint density at radius 2 is 1.89 bits per heavy atom. The highest BCUT2D eigenvalue weighted by Gasteiger charge is 2.28. The highest BCUT2D eigenvalue weighted by atomic mass is 16.2. The van der Waals surface area contributed by atoms with Gasteiger partial charge >= 0.3 is 5.69 Å². The number of anilines is 3. The van der Waals surface area contributed by atoms with Gasteiger partial charge in [-0.15, -0.1) is 6.58 Å². The van der Waals surface area contributed by atoms with E-state index in [1.807, 2.05) is 47.8 Å². The molecule has 8 heteroatoms. The van der Waals surface area contributed by atoms with Crippen molar-refractivity contribution in [1.29, 1.82) is 0 Å². The SMILES string of the molecule is C=CCn1c(=O)c2c(nc3n2CCN3c2ccc(N(C)C)cc2)n(C)c1=O. The van der Waals surface area contributed by atoms with Crippen LogP contribution < -0.4 is 21.0 Å². The van der Waals surface area contributed by atoms with Crippen LogP contribution in [0.1, 0.15) is 0 Å². The van der Waals surface area contributed by atoms with Crippen molar-refractivity contribution < 1.29 is 0 Å². The molecule has 0 N–H and O–H groups in total. The monoisotopic (exact) mass is 366 g/mol. The van der Waals surface area contributed by atoms with Crippen LogP contribution in [0.15, 0.2) is 46.5 Å². The molecule has 8 nitrogen and oxygen atoms in total. The predicted octanol–water partition coefficient (Wildman–Crippen LogP) is 1.30. The molecule has 0 aliphatic carbocycles. The van der Waals surface area contributed by atoms with Gasteiger partial charge in [0.25, 0.3) is 5.56 Å². The molecule has 0 radical (unpaired) electrons. The van der Waals surface area contributed by atoms with E-state index in [4.69, 9.17) is 0 Å². The highest BCUT2D eigenvalue weighted by Crippen LogP contribution is 2.32.